The summed E-state index contributed by atoms with van der Waals surface area (Å²) in [6.07, 6.45) is 1.61. The average Bonchev–Trinajstić information content (AvgIpc) is 2.67. The molecule has 0 amide bonds. The topological polar surface area (TPSA) is 83.5 Å². The molecule has 0 aromatic heterocycles. The molecule has 0 saturated heterocycles. The maximum absolute atomic E-state index is 11.2. The van der Waals surface area contributed by atoms with E-state index in [0.717, 1.165) is 5.56 Å². The first-order valence-electron chi connectivity index (χ1n) is 5.43. The van der Waals surface area contributed by atoms with Gasteiger partial charge in [0.2, 0.25) is 0 Å². The smallest absolute Gasteiger partial charge is 0.335 e. The van der Waals surface area contributed by atoms with Crippen LogP contribution in [0, 0.1) is 0 Å². The highest BCUT2D eigenvalue weighted by Crippen LogP contribution is 2.10. The van der Waals surface area contributed by atoms with Gasteiger partial charge in [-0.1, -0.05) is 18.2 Å². The summed E-state index contributed by atoms with van der Waals surface area (Å²) in [6, 6.07) is 6.35. The van der Waals surface area contributed by atoms with E-state index in [-0.39, 0.29) is 17.4 Å². The van der Waals surface area contributed by atoms with Crippen LogP contribution < -0.4 is 5.32 Å². The van der Waals surface area contributed by atoms with Crippen molar-refractivity contribution in [2.45, 2.75) is 12.6 Å². The first-order valence-corrected chi connectivity index (χ1v) is 7.14. The Labute approximate surface area is 105 Å². The molecule has 1 aliphatic rings. The minimum Gasteiger partial charge on any atom is -0.478 e. The van der Waals surface area contributed by atoms with Crippen LogP contribution in [0.25, 0.3) is 0 Å². The van der Waals surface area contributed by atoms with Gasteiger partial charge in [0.1, 0.15) is 0 Å². The van der Waals surface area contributed by atoms with E-state index in [1.54, 1.807) is 24.3 Å². The summed E-state index contributed by atoms with van der Waals surface area (Å²) in [6.45, 7) is 0.436. The predicted octanol–water partition coefficient (Wildman–Crippen LogP) is 0.785. The van der Waals surface area contributed by atoms with Crippen molar-refractivity contribution in [2.75, 3.05) is 5.75 Å². The average molecular weight is 267 g/mol. The molecular formula is C12H13NO4S. The summed E-state index contributed by atoms with van der Waals surface area (Å²) in [4.78, 5) is 10.8. The number of carboxylic acids is 1. The Kier molecular flexibility index (Phi) is 3.49. The van der Waals surface area contributed by atoms with Crippen molar-refractivity contribution in [1.82, 2.24) is 5.32 Å². The molecule has 0 spiro atoms. The van der Waals surface area contributed by atoms with Gasteiger partial charge in [0.25, 0.3) is 0 Å². The van der Waals surface area contributed by atoms with Crippen LogP contribution in [0.1, 0.15) is 15.9 Å². The zero-order valence-corrected chi connectivity index (χ0v) is 10.4. The van der Waals surface area contributed by atoms with Gasteiger partial charge >= 0.3 is 5.97 Å². The molecule has 0 fully saturated rings. The summed E-state index contributed by atoms with van der Waals surface area (Å²) in [5, 5.41) is 13.1. The van der Waals surface area contributed by atoms with E-state index < -0.39 is 15.8 Å². The molecule has 0 bridgehead atoms. The molecule has 1 aromatic carbocycles. The molecular weight excluding hydrogens is 254 g/mol. The zero-order chi connectivity index (χ0) is 13.2. The largest absolute Gasteiger partial charge is 0.478 e. The predicted molar refractivity (Wildman–Crippen MR) is 67.0 cm³/mol. The molecule has 18 heavy (non-hydrogen) atoms. The summed E-state index contributed by atoms with van der Waals surface area (Å²) in [7, 11) is -3.06. The number of sulfone groups is 1. The Morgan fingerprint density at radius 2 is 2.22 bits per heavy atom. The van der Waals surface area contributed by atoms with Crippen molar-refractivity contribution < 1.29 is 18.3 Å². The number of carboxylic acid groups (broad SMARTS) is 1. The second-order valence-corrected chi connectivity index (χ2v) is 6.08. The molecule has 2 rings (SSSR count). The van der Waals surface area contributed by atoms with Crippen molar-refractivity contribution >= 4 is 15.8 Å². The zero-order valence-electron chi connectivity index (χ0n) is 9.54. The third kappa shape index (κ3) is 3.18. The van der Waals surface area contributed by atoms with Crippen LogP contribution in [0.2, 0.25) is 0 Å². The SMILES string of the molecule is O=C(O)c1cccc(CNC2C=CS(=O)(=O)C2)c1. The fraction of sp³-hybridized carbons (Fsp3) is 0.250. The summed E-state index contributed by atoms with van der Waals surface area (Å²) < 4.78 is 22.4. The fourth-order valence-electron chi connectivity index (χ4n) is 1.77. The molecule has 1 atom stereocenters. The van der Waals surface area contributed by atoms with Gasteiger partial charge in [0, 0.05) is 18.0 Å². The Hall–Kier alpha value is -1.66. The quantitative estimate of drug-likeness (QED) is 0.842. The van der Waals surface area contributed by atoms with Crippen LogP contribution in [0.5, 0.6) is 0 Å². The van der Waals surface area contributed by atoms with Gasteiger partial charge in [-0.05, 0) is 17.7 Å². The van der Waals surface area contributed by atoms with Gasteiger partial charge in [-0.3, -0.25) is 0 Å². The first kappa shape index (κ1) is 12.8. The molecule has 0 saturated carbocycles. The number of rotatable bonds is 4. The molecule has 2 N–H and O–H groups in total. The molecule has 1 aromatic rings. The van der Waals surface area contributed by atoms with Crippen molar-refractivity contribution in [3.05, 3.63) is 46.9 Å². The van der Waals surface area contributed by atoms with Crippen LogP contribution >= 0.6 is 0 Å². The van der Waals surface area contributed by atoms with E-state index in [1.165, 1.54) is 11.5 Å². The van der Waals surface area contributed by atoms with Crippen molar-refractivity contribution in [3.63, 3.8) is 0 Å². The highest BCUT2D eigenvalue weighted by atomic mass is 32.2. The summed E-state index contributed by atoms with van der Waals surface area (Å²) in [5.41, 5.74) is 1.04. The Bertz CT molecular complexity index is 592. The summed E-state index contributed by atoms with van der Waals surface area (Å²) >= 11 is 0. The molecule has 6 heteroatoms. The number of hydrogen-bond acceptors (Lipinski definition) is 4. The summed E-state index contributed by atoms with van der Waals surface area (Å²) in [5.74, 6) is -0.911. The van der Waals surface area contributed by atoms with E-state index in [2.05, 4.69) is 5.32 Å². The second-order valence-electron chi connectivity index (χ2n) is 4.15. The van der Waals surface area contributed by atoms with Gasteiger partial charge < -0.3 is 10.4 Å². The van der Waals surface area contributed by atoms with Gasteiger partial charge in [0.05, 0.1) is 11.3 Å². The Morgan fingerprint density at radius 1 is 1.44 bits per heavy atom. The van der Waals surface area contributed by atoms with E-state index >= 15 is 0 Å². The number of benzene rings is 1. The van der Waals surface area contributed by atoms with Crippen molar-refractivity contribution in [3.8, 4) is 0 Å². The molecule has 1 unspecified atom stereocenters. The highest BCUT2D eigenvalue weighted by molar-refractivity contribution is 7.94. The van der Waals surface area contributed by atoms with E-state index in [1.807, 2.05) is 0 Å². The van der Waals surface area contributed by atoms with Gasteiger partial charge in [-0.15, -0.1) is 0 Å². The Morgan fingerprint density at radius 3 is 2.83 bits per heavy atom. The number of aromatic carboxylic acids is 1. The molecule has 5 nitrogen and oxygen atoms in total. The molecule has 1 heterocycles. The number of carbonyl (C=O) groups is 1. The van der Waals surface area contributed by atoms with Crippen molar-refractivity contribution in [1.29, 1.82) is 0 Å². The first-order chi connectivity index (χ1) is 8.46. The Balaban J connectivity index is 1.97. The third-order valence-corrected chi connectivity index (χ3v) is 4.07. The second kappa shape index (κ2) is 4.91. The molecule has 1 aliphatic heterocycles. The minimum atomic E-state index is -3.06. The fourth-order valence-corrected chi connectivity index (χ4v) is 3.04. The van der Waals surface area contributed by atoms with Gasteiger partial charge in [0.15, 0.2) is 9.84 Å². The molecule has 0 aliphatic carbocycles. The maximum Gasteiger partial charge on any atom is 0.335 e. The van der Waals surface area contributed by atoms with Crippen LogP contribution in [0.4, 0.5) is 0 Å². The van der Waals surface area contributed by atoms with Crippen LogP contribution in [-0.2, 0) is 16.4 Å². The van der Waals surface area contributed by atoms with Gasteiger partial charge in [-0.25, -0.2) is 13.2 Å². The van der Waals surface area contributed by atoms with E-state index in [0.29, 0.717) is 6.54 Å². The molecule has 0 radical (unpaired) electrons. The highest BCUT2D eigenvalue weighted by Gasteiger charge is 2.20. The molecule has 96 valence electrons. The lowest BCUT2D eigenvalue weighted by atomic mass is 10.1. The van der Waals surface area contributed by atoms with Gasteiger partial charge in [-0.2, -0.15) is 0 Å². The monoisotopic (exact) mass is 267 g/mol. The minimum absolute atomic E-state index is 0.0611. The number of hydrogen-bond donors (Lipinski definition) is 2. The standard InChI is InChI=1S/C12H13NO4S/c14-12(15)10-3-1-2-9(6-10)7-13-11-4-5-18(16,17)8-11/h1-6,11,13H,7-8H2,(H,14,15). The van der Waals surface area contributed by atoms with Crippen LogP contribution in [-0.4, -0.2) is 31.3 Å². The van der Waals surface area contributed by atoms with Crippen LogP contribution in [0.3, 0.4) is 0 Å². The van der Waals surface area contributed by atoms with Crippen molar-refractivity contribution in [2.24, 2.45) is 0 Å². The lowest BCUT2D eigenvalue weighted by Gasteiger charge is -2.10. The maximum atomic E-state index is 11.2. The van der Waals surface area contributed by atoms with E-state index in [4.69, 9.17) is 5.11 Å². The van der Waals surface area contributed by atoms with Crippen LogP contribution in [0.15, 0.2) is 35.7 Å². The third-order valence-electron chi connectivity index (χ3n) is 2.67. The van der Waals surface area contributed by atoms with E-state index in [9.17, 15) is 13.2 Å². The normalized spacial score (nSPS) is 21.0. The lowest BCUT2D eigenvalue weighted by Crippen LogP contribution is -2.29. The lowest BCUT2D eigenvalue weighted by molar-refractivity contribution is 0.0696. The number of nitrogens with one attached hydrogen (secondary N) is 1.